The maximum Gasteiger partial charge on any atom is 0.188 e. The van der Waals surface area contributed by atoms with E-state index in [1.807, 2.05) is 6.92 Å². The van der Waals surface area contributed by atoms with Crippen LogP contribution < -0.4 is 11.1 Å². The predicted molar refractivity (Wildman–Crippen MR) is 60.4 cm³/mol. The van der Waals surface area contributed by atoms with Gasteiger partial charge in [0.2, 0.25) is 0 Å². The van der Waals surface area contributed by atoms with E-state index in [9.17, 15) is 0 Å². The van der Waals surface area contributed by atoms with E-state index >= 15 is 0 Å². The maximum atomic E-state index is 5.63. The monoisotopic (exact) mass is 196 g/mol. The highest BCUT2D eigenvalue weighted by Gasteiger charge is 2.06. The van der Waals surface area contributed by atoms with Crippen molar-refractivity contribution in [3.05, 3.63) is 11.6 Å². The zero-order chi connectivity index (χ0) is 10.4. The van der Waals surface area contributed by atoms with Crippen LogP contribution >= 0.6 is 0 Å². The molecule has 14 heavy (non-hydrogen) atoms. The Balaban J connectivity index is 2.34. The first-order valence-corrected chi connectivity index (χ1v) is 5.12. The highest BCUT2D eigenvalue weighted by atomic mass is 15.1. The second-order valence-electron chi connectivity index (χ2n) is 3.61. The van der Waals surface area contributed by atoms with Gasteiger partial charge >= 0.3 is 0 Å². The number of rotatable bonds is 3. The molecule has 0 bridgehead atoms. The third kappa shape index (κ3) is 3.79. The normalized spacial score (nSPS) is 19.3. The molecule has 0 atom stereocenters. The molecule has 4 heteroatoms. The summed E-state index contributed by atoms with van der Waals surface area (Å²) in [5.74, 6) is 0.548. The van der Waals surface area contributed by atoms with Crippen molar-refractivity contribution < 1.29 is 0 Å². The van der Waals surface area contributed by atoms with Gasteiger partial charge in [-0.1, -0.05) is 11.6 Å². The first-order chi connectivity index (χ1) is 6.72. The molecule has 0 aromatic rings. The number of guanidine groups is 1. The highest BCUT2D eigenvalue weighted by molar-refractivity contribution is 5.77. The molecular formula is C10H20N4. The summed E-state index contributed by atoms with van der Waals surface area (Å²) in [6, 6.07) is 0. The van der Waals surface area contributed by atoms with Crippen LogP contribution in [0.3, 0.4) is 0 Å². The molecule has 1 aliphatic rings. The lowest BCUT2D eigenvalue weighted by atomic mass is 10.1. The van der Waals surface area contributed by atoms with E-state index in [0.717, 1.165) is 32.6 Å². The summed E-state index contributed by atoms with van der Waals surface area (Å²) in [4.78, 5) is 6.55. The third-order valence-corrected chi connectivity index (χ3v) is 2.32. The van der Waals surface area contributed by atoms with Crippen LogP contribution in [-0.4, -0.2) is 44.1 Å². The first-order valence-electron chi connectivity index (χ1n) is 5.12. The quantitative estimate of drug-likeness (QED) is 0.384. The van der Waals surface area contributed by atoms with Gasteiger partial charge in [0, 0.05) is 19.6 Å². The number of hydrogen-bond acceptors (Lipinski definition) is 2. The highest BCUT2D eigenvalue weighted by Crippen LogP contribution is 2.08. The van der Waals surface area contributed by atoms with Gasteiger partial charge in [-0.15, -0.1) is 0 Å². The van der Waals surface area contributed by atoms with Gasteiger partial charge in [0.15, 0.2) is 5.96 Å². The van der Waals surface area contributed by atoms with Crippen molar-refractivity contribution >= 4 is 5.96 Å². The number of likely N-dealkylation sites (N-methyl/N-ethyl adjacent to an activating group) is 1. The average molecular weight is 196 g/mol. The zero-order valence-electron chi connectivity index (χ0n) is 9.08. The van der Waals surface area contributed by atoms with Gasteiger partial charge in [-0.3, -0.25) is 0 Å². The Kier molecular flexibility index (Phi) is 4.46. The average Bonchev–Trinajstić information content (AvgIpc) is 2.17. The van der Waals surface area contributed by atoms with E-state index in [2.05, 4.69) is 28.3 Å². The summed E-state index contributed by atoms with van der Waals surface area (Å²) in [6.45, 7) is 5.75. The summed E-state index contributed by atoms with van der Waals surface area (Å²) >= 11 is 0. The van der Waals surface area contributed by atoms with Crippen LogP contribution in [0.15, 0.2) is 16.6 Å². The number of hydrogen-bond donors (Lipinski definition) is 2. The SMILES string of the molecule is CCNC(N)=NCC1=CCN(C)CC1. The van der Waals surface area contributed by atoms with Crippen molar-refractivity contribution in [2.45, 2.75) is 13.3 Å². The molecule has 3 N–H and O–H groups in total. The van der Waals surface area contributed by atoms with Gasteiger partial charge < -0.3 is 16.0 Å². The van der Waals surface area contributed by atoms with Crippen LogP contribution in [0.4, 0.5) is 0 Å². The molecule has 0 fully saturated rings. The van der Waals surface area contributed by atoms with Gasteiger partial charge in [-0.2, -0.15) is 0 Å². The molecule has 0 saturated heterocycles. The van der Waals surface area contributed by atoms with E-state index in [0.29, 0.717) is 5.96 Å². The molecule has 0 aliphatic carbocycles. The Bertz CT molecular complexity index is 232. The molecule has 4 nitrogen and oxygen atoms in total. The fraction of sp³-hybridized carbons (Fsp3) is 0.700. The predicted octanol–water partition coefficient (Wildman–Crippen LogP) is 0.173. The van der Waals surface area contributed by atoms with Gasteiger partial charge in [-0.05, 0) is 20.4 Å². The molecule has 1 rings (SSSR count). The molecule has 0 amide bonds. The Morgan fingerprint density at radius 2 is 2.50 bits per heavy atom. The lowest BCUT2D eigenvalue weighted by Gasteiger charge is -2.21. The van der Waals surface area contributed by atoms with Crippen LogP contribution in [0.2, 0.25) is 0 Å². The topological polar surface area (TPSA) is 53.6 Å². The van der Waals surface area contributed by atoms with E-state index < -0.39 is 0 Å². The fourth-order valence-electron chi connectivity index (χ4n) is 1.38. The van der Waals surface area contributed by atoms with Gasteiger partial charge in [-0.25, -0.2) is 4.99 Å². The standard InChI is InChI=1S/C10H20N4/c1-3-12-10(11)13-8-9-4-6-14(2)7-5-9/h4H,3,5-8H2,1-2H3,(H3,11,12,13). The minimum Gasteiger partial charge on any atom is -0.370 e. The molecule has 0 saturated carbocycles. The largest absolute Gasteiger partial charge is 0.370 e. The van der Waals surface area contributed by atoms with E-state index in [1.165, 1.54) is 5.57 Å². The Labute approximate surface area is 85.9 Å². The third-order valence-electron chi connectivity index (χ3n) is 2.32. The minimum absolute atomic E-state index is 0.548. The molecule has 0 unspecified atom stereocenters. The molecule has 0 aromatic heterocycles. The lowest BCUT2D eigenvalue weighted by molar-refractivity contribution is 0.358. The summed E-state index contributed by atoms with van der Waals surface area (Å²) < 4.78 is 0. The number of nitrogens with one attached hydrogen (secondary N) is 1. The second kappa shape index (κ2) is 5.65. The number of nitrogens with zero attached hydrogens (tertiary/aromatic N) is 2. The van der Waals surface area contributed by atoms with Gasteiger partial charge in [0.05, 0.1) is 6.54 Å². The van der Waals surface area contributed by atoms with Gasteiger partial charge in [0.1, 0.15) is 0 Å². The summed E-state index contributed by atoms with van der Waals surface area (Å²) in [5, 5.41) is 2.98. The molecule has 80 valence electrons. The maximum absolute atomic E-state index is 5.63. The first kappa shape index (κ1) is 11.0. The summed E-state index contributed by atoms with van der Waals surface area (Å²) in [6.07, 6.45) is 3.35. The molecule has 1 aliphatic heterocycles. The fourth-order valence-corrected chi connectivity index (χ4v) is 1.38. The van der Waals surface area contributed by atoms with Crippen LogP contribution in [0, 0.1) is 0 Å². The Hall–Kier alpha value is -1.03. The van der Waals surface area contributed by atoms with E-state index in [4.69, 9.17) is 5.73 Å². The summed E-state index contributed by atoms with van der Waals surface area (Å²) in [5.41, 5.74) is 7.02. The van der Waals surface area contributed by atoms with E-state index in [-0.39, 0.29) is 0 Å². The minimum atomic E-state index is 0.548. The lowest BCUT2D eigenvalue weighted by Crippen LogP contribution is -2.32. The molecule has 1 heterocycles. The Morgan fingerprint density at radius 3 is 3.07 bits per heavy atom. The van der Waals surface area contributed by atoms with E-state index in [1.54, 1.807) is 0 Å². The van der Waals surface area contributed by atoms with Crippen molar-refractivity contribution in [2.24, 2.45) is 10.7 Å². The van der Waals surface area contributed by atoms with Crippen molar-refractivity contribution in [1.29, 1.82) is 0 Å². The second-order valence-corrected chi connectivity index (χ2v) is 3.61. The number of nitrogens with two attached hydrogens (primary N) is 1. The van der Waals surface area contributed by atoms with Crippen LogP contribution in [-0.2, 0) is 0 Å². The Morgan fingerprint density at radius 1 is 1.71 bits per heavy atom. The molecule has 0 aromatic carbocycles. The molecule has 0 radical (unpaired) electrons. The smallest absolute Gasteiger partial charge is 0.188 e. The molecular weight excluding hydrogens is 176 g/mol. The zero-order valence-corrected chi connectivity index (χ0v) is 9.08. The van der Waals surface area contributed by atoms with Crippen LogP contribution in [0.5, 0.6) is 0 Å². The van der Waals surface area contributed by atoms with Crippen molar-refractivity contribution in [3.8, 4) is 0 Å². The molecule has 0 spiro atoms. The van der Waals surface area contributed by atoms with Gasteiger partial charge in [0.25, 0.3) is 0 Å². The van der Waals surface area contributed by atoms with Crippen molar-refractivity contribution in [3.63, 3.8) is 0 Å². The van der Waals surface area contributed by atoms with Crippen molar-refractivity contribution in [2.75, 3.05) is 33.2 Å². The summed E-state index contributed by atoms with van der Waals surface area (Å²) in [7, 11) is 2.13. The van der Waals surface area contributed by atoms with Crippen molar-refractivity contribution in [1.82, 2.24) is 10.2 Å². The number of aliphatic imine (C=N–C) groups is 1. The van der Waals surface area contributed by atoms with Crippen LogP contribution in [0.25, 0.3) is 0 Å². The van der Waals surface area contributed by atoms with Crippen LogP contribution in [0.1, 0.15) is 13.3 Å².